The van der Waals surface area contributed by atoms with Gasteiger partial charge in [-0.1, -0.05) is 6.07 Å². The van der Waals surface area contributed by atoms with Crippen LogP contribution in [0.5, 0.6) is 0 Å². The topological polar surface area (TPSA) is 72.2 Å². The van der Waals surface area contributed by atoms with E-state index in [0.29, 0.717) is 11.6 Å². The van der Waals surface area contributed by atoms with Gasteiger partial charge in [-0.05, 0) is 49.0 Å². The minimum atomic E-state index is -3.64. The van der Waals surface area contributed by atoms with Gasteiger partial charge in [-0.25, -0.2) is 13.6 Å². The Morgan fingerprint density at radius 2 is 2.00 bits per heavy atom. The summed E-state index contributed by atoms with van der Waals surface area (Å²) in [4.78, 5) is 0.206. The van der Waals surface area contributed by atoms with E-state index in [2.05, 4.69) is 5.32 Å². The number of anilines is 1. The Labute approximate surface area is 112 Å². The maximum absolute atomic E-state index is 11.4. The first kappa shape index (κ1) is 13.7. The number of sulfonamides is 1. The SMILES string of the molecule is Cc1c(NC2CCSCC2)cccc1S(N)(=O)=O. The van der Waals surface area contributed by atoms with E-state index in [1.54, 1.807) is 19.1 Å². The molecule has 0 bridgehead atoms. The van der Waals surface area contributed by atoms with Crippen molar-refractivity contribution in [1.82, 2.24) is 0 Å². The Morgan fingerprint density at radius 1 is 1.33 bits per heavy atom. The number of hydrogen-bond acceptors (Lipinski definition) is 4. The third kappa shape index (κ3) is 3.18. The minimum Gasteiger partial charge on any atom is -0.382 e. The minimum absolute atomic E-state index is 0.206. The van der Waals surface area contributed by atoms with Gasteiger partial charge in [-0.3, -0.25) is 0 Å². The largest absolute Gasteiger partial charge is 0.382 e. The van der Waals surface area contributed by atoms with Gasteiger partial charge < -0.3 is 5.32 Å². The fourth-order valence-electron chi connectivity index (χ4n) is 2.14. The number of nitrogens with one attached hydrogen (secondary N) is 1. The quantitative estimate of drug-likeness (QED) is 0.891. The average Bonchev–Trinajstić information content (AvgIpc) is 2.32. The van der Waals surface area contributed by atoms with E-state index in [1.165, 1.54) is 0 Å². The third-order valence-corrected chi connectivity index (χ3v) is 5.28. The van der Waals surface area contributed by atoms with Gasteiger partial charge in [-0.15, -0.1) is 0 Å². The monoisotopic (exact) mass is 286 g/mol. The fraction of sp³-hybridized carbons (Fsp3) is 0.500. The molecule has 1 aliphatic rings. The molecule has 6 heteroatoms. The Morgan fingerprint density at radius 3 is 2.61 bits per heavy atom. The Hall–Kier alpha value is -0.720. The molecule has 3 N–H and O–H groups in total. The molecule has 1 heterocycles. The highest BCUT2D eigenvalue weighted by atomic mass is 32.2. The predicted molar refractivity (Wildman–Crippen MR) is 76.5 cm³/mol. The van der Waals surface area contributed by atoms with Gasteiger partial charge in [0.1, 0.15) is 0 Å². The summed E-state index contributed by atoms with van der Waals surface area (Å²) in [6.07, 6.45) is 2.23. The summed E-state index contributed by atoms with van der Waals surface area (Å²) >= 11 is 1.96. The first-order chi connectivity index (χ1) is 8.48. The first-order valence-electron chi connectivity index (χ1n) is 5.95. The molecular weight excluding hydrogens is 268 g/mol. The summed E-state index contributed by atoms with van der Waals surface area (Å²) in [7, 11) is -3.64. The summed E-state index contributed by atoms with van der Waals surface area (Å²) in [5.74, 6) is 2.32. The Balaban J connectivity index is 2.23. The van der Waals surface area contributed by atoms with Crippen molar-refractivity contribution in [2.24, 2.45) is 5.14 Å². The van der Waals surface area contributed by atoms with Gasteiger partial charge in [0.05, 0.1) is 4.90 Å². The normalized spacial score (nSPS) is 17.7. The summed E-state index contributed by atoms with van der Waals surface area (Å²) in [6, 6.07) is 5.62. The van der Waals surface area contributed by atoms with Crippen LogP contribution < -0.4 is 10.5 Å². The second-order valence-electron chi connectivity index (χ2n) is 4.50. The molecule has 0 atom stereocenters. The smallest absolute Gasteiger partial charge is 0.238 e. The van der Waals surface area contributed by atoms with Crippen LogP contribution in [0.1, 0.15) is 18.4 Å². The highest BCUT2D eigenvalue weighted by Crippen LogP contribution is 2.26. The van der Waals surface area contributed by atoms with Crippen LogP contribution in [0.25, 0.3) is 0 Å². The van der Waals surface area contributed by atoms with Crippen LogP contribution in [0.15, 0.2) is 23.1 Å². The van der Waals surface area contributed by atoms with E-state index in [-0.39, 0.29) is 4.90 Å². The Bertz CT molecular complexity index is 523. The maximum Gasteiger partial charge on any atom is 0.238 e. The van der Waals surface area contributed by atoms with Crippen LogP contribution in [-0.4, -0.2) is 26.0 Å². The fourth-order valence-corrected chi connectivity index (χ4v) is 4.05. The van der Waals surface area contributed by atoms with Crippen molar-refractivity contribution in [1.29, 1.82) is 0 Å². The first-order valence-corrected chi connectivity index (χ1v) is 8.65. The second kappa shape index (κ2) is 5.50. The van der Waals surface area contributed by atoms with Crippen LogP contribution in [-0.2, 0) is 10.0 Å². The number of nitrogens with two attached hydrogens (primary N) is 1. The molecule has 1 aromatic carbocycles. The number of hydrogen-bond donors (Lipinski definition) is 2. The standard InChI is InChI=1S/C12H18N2O2S2/c1-9-11(14-10-5-7-17-8-6-10)3-2-4-12(9)18(13,15)16/h2-4,10,14H,5-8H2,1H3,(H2,13,15,16). The molecule has 1 fully saturated rings. The van der Waals surface area contributed by atoms with Crippen molar-refractivity contribution in [3.05, 3.63) is 23.8 Å². The van der Waals surface area contributed by atoms with Crippen molar-refractivity contribution < 1.29 is 8.42 Å². The van der Waals surface area contributed by atoms with Gasteiger partial charge in [0.15, 0.2) is 0 Å². The zero-order valence-corrected chi connectivity index (χ0v) is 12.0. The molecule has 2 rings (SSSR count). The summed E-state index contributed by atoms with van der Waals surface area (Å²) in [5.41, 5.74) is 1.58. The summed E-state index contributed by atoms with van der Waals surface area (Å²) in [5, 5.41) is 8.63. The summed E-state index contributed by atoms with van der Waals surface area (Å²) < 4.78 is 22.9. The molecule has 1 aromatic rings. The van der Waals surface area contributed by atoms with Crippen molar-refractivity contribution in [2.75, 3.05) is 16.8 Å². The van der Waals surface area contributed by atoms with Gasteiger partial charge >= 0.3 is 0 Å². The predicted octanol–water partition coefficient (Wildman–Crippen LogP) is 1.95. The van der Waals surface area contributed by atoms with Gasteiger partial charge in [-0.2, -0.15) is 11.8 Å². The molecule has 0 amide bonds. The van der Waals surface area contributed by atoms with E-state index in [9.17, 15) is 8.42 Å². The van der Waals surface area contributed by atoms with Gasteiger partial charge in [0.2, 0.25) is 10.0 Å². The molecule has 1 saturated heterocycles. The number of primary sulfonamides is 1. The van der Waals surface area contributed by atoms with Crippen molar-refractivity contribution >= 4 is 27.5 Å². The molecule has 0 aromatic heterocycles. The highest BCUT2D eigenvalue weighted by molar-refractivity contribution is 7.99. The zero-order valence-electron chi connectivity index (χ0n) is 10.3. The van der Waals surface area contributed by atoms with Crippen molar-refractivity contribution in [3.8, 4) is 0 Å². The molecule has 100 valence electrons. The van der Waals surface area contributed by atoms with E-state index < -0.39 is 10.0 Å². The van der Waals surface area contributed by atoms with Crippen molar-refractivity contribution in [3.63, 3.8) is 0 Å². The second-order valence-corrected chi connectivity index (χ2v) is 7.26. The molecule has 0 aliphatic carbocycles. The maximum atomic E-state index is 11.4. The molecule has 1 aliphatic heterocycles. The third-order valence-electron chi connectivity index (χ3n) is 3.17. The molecule has 0 radical (unpaired) electrons. The molecule has 18 heavy (non-hydrogen) atoms. The van der Waals surface area contributed by atoms with Crippen molar-refractivity contribution in [2.45, 2.75) is 30.7 Å². The van der Waals surface area contributed by atoms with Crippen LogP contribution in [0.4, 0.5) is 5.69 Å². The Kier molecular flexibility index (Phi) is 4.19. The lowest BCUT2D eigenvalue weighted by Gasteiger charge is -2.25. The lowest BCUT2D eigenvalue weighted by atomic mass is 10.1. The highest BCUT2D eigenvalue weighted by Gasteiger charge is 2.17. The molecule has 0 saturated carbocycles. The van der Waals surface area contributed by atoms with E-state index in [0.717, 1.165) is 30.0 Å². The van der Waals surface area contributed by atoms with Gasteiger partial charge in [0, 0.05) is 11.7 Å². The lowest BCUT2D eigenvalue weighted by molar-refractivity contribution is 0.597. The van der Waals surface area contributed by atoms with Crippen LogP contribution in [0.2, 0.25) is 0 Å². The van der Waals surface area contributed by atoms with Gasteiger partial charge in [0.25, 0.3) is 0 Å². The summed E-state index contributed by atoms with van der Waals surface area (Å²) in [6.45, 7) is 1.79. The van der Waals surface area contributed by atoms with Crippen LogP contribution in [0, 0.1) is 6.92 Å². The molecular formula is C12H18N2O2S2. The number of rotatable bonds is 3. The number of benzene rings is 1. The molecule has 0 spiro atoms. The van der Waals surface area contributed by atoms with Crippen LogP contribution >= 0.6 is 11.8 Å². The average molecular weight is 286 g/mol. The lowest BCUT2D eigenvalue weighted by Crippen LogP contribution is -2.25. The van der Waals surface area contributed by atoms with E-state index in [1.807, 2.05) is 17.8 Å². The van der Waals surface area contributed by atoms with E-state index >= 15 is 0 Å². The number of thioether (sulfide) groups is 1. The van der Waals surface area contributed by atoms with E-state index in [4.69, 9.17) is 5.14 Å². The van der Waals surface area contributed by atoms with Crippen LogP contribution in [0.3, 0.4) is 0 Å². The molecule has 0 unspecified atom stereocenters. The zero-order chi connectivity index (χ0) is 13.2. The molecule has 4 nitrogen and oxygen atoms in total.